The van der Waals surface area contributed by atoms with Crippen LogP contribution in [-0.2, 0) is 0 Å². The Labute approximate surface area is 156 Å². The molecule has 0 saturated carbocycles. The van der Waals surface area contributed by atoms with Crippen LogP contribution in [0.1, 0.15) is 23.2 Å². The third-order valence-electron chi connectivity index (χ3n) is 4.78. The molecule has 2 aromatic rings. The van der Waals surface area contributed by atoms with Gasteiger partial charge >= 0.3 is 0 Å². The van der Waals surface area contributed by atoms with Crippen LogP contribution >= 0.6 is 0 Å². The van der Waals surface area contributed by atoms with Gasteiger partial charge < -0.3 is 24.2 Å². The van der Waals surface area contributed by atoms with E-state index >= 15 is 0 Å². The van der Waals surface area contributed by atoms with Gasteiger partial charge in [0.15, 0.2) is 11.5 Å². The second-order valence-corrected chi connectivity index (χ2v) is 6.87. The van der Waals surface area contributed by atoms with E-state index in [2.05, 4.69) is 0 Å². The summed E-state index contributed by atoms with van der Waals surface area (Å²) < 4.78 is 29.2. The maximum absolute atomic E-state index is 13.0. The number of rotatable bonds is 4. The van der Waals surface area contributed by atoms with E-state index in [4.69, 9.17) is 14.2 Å². The van der Waals surface area contributed by atoms with Gasteiger partial charge in [0.1, 0.15) is 23.8 Å². The number of aliphatic hydroxyl groups is 1. The zero-order valence-electron chi connectivity index (χ0n) is 14.7. The molecule has 7 heteroatoms. The highest BCUT2D eigenvalue weighted by molar-refractivity contribution is 5.95. The van der Waals surface area contributed by atoms with Gasteiger partial charge in [0.25, 0.3) is 5.91 Å². The number of fused-ring (bicyclic) bond motifs is 1. The summed E-state index contributed by atoms with van der Waals surface area (Å²) in [4.78, 5) is 14.5. The largest absolute Gasteiger partial charge is 0.491 e. The number of carbonyl (C=O) groups excluding carboxylic acids is 1. The summed E-state index contributed by atoms with van der Waals surface area (Å²) in [7, 11) is 0. The van der Waals surface area contributed by atoms with Gasteiger partial charge in [-0.2, -0.15) is 0 Å². The quantitative estimate of drug-likeness (QED) is 0.892. The van der Waals surface area contributed by atoms with Crippen LogP contribution in [0.3, 0.4) is 0 Å². The van der Waals surface area contributed by atoms with E-state index in [1.165, 1.54) is 24.3 Å². The number of ether oxygens (including phenoxy) is 3. The molecule has 1 atom stereocenters. The van der Waals surface area contributed by atoms with E-state index in [-0.39, 0.29) is 31.7 Å². The number of benzene rings is 2. The number of piperidine rings is 1. The molecule has 1 fully saturated rings. The number of β-amino-alcohol motifs (C(OH)–C–C–N with tert-alkyl or cyclic N) is 1. The Balaban J connectivity index is 1.42. The van der Waals surface area contributed by atoms with Crippen molar-refractivity contribution >= 4 is 5.91 Å². The molecule has 2 aromatic carbocycles. The maximum Gasteiger partial charge on any atom is 0.254 e. The number of hydrogen-bond donors (Lipinski definition) is 1. The number of amides is 1. The highest BCUT2D eigenvalue weighted by atomic mass is 19.1. The summed E-state index contributed by atoms with van der Waals surface area (Å²) in [5, 5.41) is 10.9. The summed E-state index contributed by atoms with van der Waals surface area (Å²) in [5.74, 6) is 1.12. The van der Waals surface area contributed by atoms with Gasteiger partial charge in [0.2, 0.25) is 6.79 Å². The van der Waals surface area contributed by atoms with E-state index in [9.17, 15) is 14.3 Å². The van der Waals surface area contributed by atoms with Crippen LogP contribution < -0.4 is 14.2 Å². The van der Waals surface area contributed by atoms with Gasteiger partial charge in [0.05, 0.1) is 6.54 Å². The number of carbonyl (C=O) groups is 1. The Kier molecular flexibility index (Phi) is 4.61. The van der Waals surface area contributed by atoms with Crippen molar-refractivity contribution in [3.8, 4) is 17.2 Å². The maximum atomic E-state index is 13.0. The van der Waals surface area contributed by atoms with Crippen molar-refractivity contribution in [2.24, 2.45) is 0 Å². The first-order valence-corrected chi connectivity index (χ1v) is 8.82. The molecule has 1 amide bonds. The van der Waals surface area contributed by atoms with Gasteiger partial charge in [0, 0.05) is 12.1 Å². The highest BCUT2D eigenvalue weighted by Crippen LogP contribution is 2.33. The van der Waals surface area contributed by atoms with E-state index in [0.717, 1.165) is 0 Å². The lowest BCUT2D eigenvalue weighted by Gasteiger charge is -2.39. The predicted molar refractivity (Wildman–Crippen MR) is 94.5 cm³/mol. The molecule has 6 nitrogen and oxygen atoms in total. The monoisotopic (exact) mass is 373 g/mol. The number of halogens is 1. The average molecular weight is 373 g/mol. The minimum atomic E-state index is -1.15. The molecule has 0 aliphatic carbocycles. The van der Waals surface area contributed by atoms with Gasteiger partial charge in [-0.25, -0.2) is 4.39 Å². The Hall–Kier alpha value is -2.80. The van der Waals surface area contributed by atoms with Crippen molar-refractivity contribution in [3.63, 3.8) is 0 Å². The second kappa shape index (κ2) is 7.08. The molecule has 0 aromatic heterocycles. The smallest absolute Gasteiger partial charge is 0.254 e. The molecule has 27 heavy (non-hydrogen) atoms. The fourth-order valence-electron chi connectivity index (χ4n) is 3.36. The summed E-state index contributed by atoms with van der Waals surface area (Å²) in [5.41, 5.74) is -0.665. The van der Waals surface area contributed by atoms with Crippen molar-refractivity contribution in [2.75, 3.05) is 26.5 Å². The molecular weight excluding hydrogens is 353 g/mol. The molecule has 4 rings (SSSR count). The van der Waals surface area contributed by atoms with Crippen LogP contribution in [0.4, 0.5) is 4.39 Å². The van der Waals surface area contributed by atoms with Crippen LogP contribution in [0.25, 0.3) is 0 Å². The fraction of sp³-hybridized carbons (Fsp3) is 0.350. The molecule has 2 aliphatic heterocycles. The standard InChI is InChI=1S/C20H20FNO5/c21-15-3-5-16(6-4-15)25-12-20(24)8-1-9-22(11-20)19(23)14-2-7-17-18(10-14)27-13-26-17/h2-7,10,24H,1,8-9,11-13H2. The van der Waals surface area contributed by atoms with Crippen LogP contribution in [0.2, 0.25) is 0 Å². The number of likely N-dealkylation sites (tertiary alicyclic amines) is 1. The highest BCUT2D eigenvalue weighted by Gasteiger charge is 2.36. The Bertz CT molecular complexity index is 841. The molecule has 1 unspecified atom stereocenters. The van der Waals surface area contributed by atoms with E-state index in [0.29, 0.717) is 42.2 Å². The molecule has 0 spiro atoms. The number of nitrogens with zero attached hydrogens (tertiary/aromatic N) is 1. The van der Waals surface area contributed by atoms with Gasteiger partial charge in [-0.1, -0.05) is 0 Å². The SMILES string of the molecule is O=C(c1ccc2c(c1)OCO2)N1CCCC(O)(COc2ccc(F)cc2)C1. The lowest BCUT2D eigenvalue weighted by Crippen LogP contribution is -2.53. The normalized spacial score (nSPS) is 21.2. The van der Waals surface area contributed by atoms with Crippen molar-refractivity contribution in [1.82, 2.24) is 4.90 Å². The predicted octanol–water partition coefficient (Wildman–Crippen LogP) is 2.60. The minimum Gasteiger partial charge on any atom is -0.491 e. The lowest BCUT2D eigenvalue weighted by atomic mass is 9.93. The zero-order valence-corrected chi connectivity index (χ0v) is 14.7. The minimum absolute atomic E-state index is 0.0313. The molecule has 142 valence electrons. The van der Waals surface area contributed by atoms with E-state index in [1.54, 1.807) is 23.1 Å². The molecule has 1 saturated heterocycles. The first kappa shape index (κ1) is 17.6. The van der Waals surface area contributed by atoms with E-state index in [1.807, 2.05) is 0 Å². The topological polar surface area (TPSA) is 68.2 Å². The first-order chi connectivity index (χ1) is 13.0. The van der Waals surface area contributed by atoms with Crippen molar-refractivity contribution in [3.05, 3.63) is 53.8 Å². The zero-order chi connectivity index (χ0) is 18.9. The van der Waals surface area contributed by atoms with Gasteiger partial charge in [-0.05, 0) is 55.3 Å². The Morgan fingerprint density at radius 3 is 2.78 bits per heavy atom. The summed E-state index contributed by atoms with van der Waals surface area (Å²) >= 11 is 0. The summed E-state index contributed by atoms with van der Waals surface area (Å²) in [6.45, 7) is 0.911. The molecule has 2 heterocycles. The Morgan fingerprint density at radius 2 is 1.96 bits per heavy atom. The molecule has 2 aliphatic rings. The first-order valence-electron chi connectivity index (χ1n) is 8.82. The fourth-order valence-corrected chi connectivity index (χ4v) is 3.36. The van der Waals surface area contributed by atoms with Crippen LogP contribution in [-0.4, -0.2) is 48.0 Å². The van der Waals surface area contributed by atoms with Crippen LogP contribution in [0.15, 0.2) is 42.5 Å². The van der Waals surface area contributed by atoms with Crippen molar-refractivity contribution in [1.29, 1.82) is 0 Å². The van der Waals surface area contributed by atoms with Gasteiger partial charge in [-0.3, -0.25) is 4.79 Å². The summed E-state index contributed by atoms with van der Waals surface area (Å²) in [6, 6.07) is 10.7. The van der Waals surface area contributed by atoms with Gasteiger partial charge in [-0.15, -0.1) is 0 Å². The third-order valence-corrected chi connectivity index (χ3v) is 4.78. The molecule has 1 N–H and O–H groups in total. The van der Waals surface area contributed by atoms with Crippen molar-refractivity contribution in [2.45, 2.75) is 18.4 Å². The molecule has 0 radical (unpaired) electrons. The molecule has 0 bridgehead atoms. The number of hydrogen-bond acceptors (Lipinski definition) is 5. The third kappa shape index (κ3) is 3.83. The van der Waals surface area contributed by atoms with Crippen LogP contribution in [0.5, 0.6) is 17.2 Å². The average Bonchev–Trinajstić information content (AvgIpc) is 3.15. The summed E-state index contributed by atoms with van der Waals surface area (Å²) in [6.07, 6.45) is 1.19. The van der Waals surface area contributed by atoms with Crippen LogP contribution in [0, 0.1) is 5.82 Å². The lowest BCUT2D eigenvalue weighted by molar-refractivity contribution is -0.0532. The Morgan fingerprint density at radius 1 is 1.19 bits per heavy atom. The van der Waals surface area contributed by atoms with Crippen molar-refractivity contribution < 1.29 is 28.5 Å². The van der Waals surface area contributed by atoms with E-state index < -0.39 is 5.60 Å². The molecular formula is C20H20FNO5. The second-order valence-electron chi connectivity index (χ2n) is 6.87.